The van der Waals surface area contributed by atoms with Crippen molar-refractivity contribution in [2.24, 2.45) is 0 Å². The molecule has 0 fully saturated rings. The summed E-state index contributed by atoms with van der Waals surface area (Å²) in [5.74, 6) is -0.336. The number of benzene rings is 2. The predicted octanol–water partition coefficient (Wildman–Crippen LogP) is 5.24. The Labute approximate surface area is 160 Å². The van der Waals surface area contributed by atoms with Crippen LogP contribution in [0.5, 0.6) is 0 Å². The highest BCUT2D eigenvalue weighted by atomic mass is 19.1. The number of amides is 1. The molecule has 1 aromatic heterocycles. The number of carbonyl (C=O) groups excluding carboxylic acids is 1. The van der Waals surface area contributed by atoms with E-state index in [1.165, 1.54) is 12.1 Å². The number of hydrogen-bond acceptors (Lipinski definition) is 1. The van der Waals surface area contributed by atoms with Crippen LogP contribution >= 0.6 is 0 Å². The van der Waals surface area contributed by atoms with E-state index < -0.39 is 0 Å². The van der Waals surface area contributed by atoms with Gasteiger partial charge >= 0.3 is 0 Å². The maximum Gasteiger partial charge on any atom is 0.220 e. The SMILES string of the molecule is CCCCNC(=O)C[C@H](c1ccc(F)cc1)c1cn(CC)c2ccccc12. The lowest BCUT2D eigenvalue weighted by molar-refractivity contribution is -0.121. The summed E-state index contributed by atoms with van der Waals surface area (Å²) in [7, 11) is 0. The van der Waals surface area contributed by atoms with Gasteiger partial charge in [0, 0.05) is 42.5 Å². The van der Waals surface area contributed by atoms with Crippen molar-refractivity contribution in [3.05, 3.63) is 71.7 Å². The van der Waals surface area contributed by atoms with E-state index in [1.807, 2.05) is 12.1 Å². The number of nitrogens with one attached hydrogen (secondary N) is 1. The molecule has 3 aromatic rings. The number of carbonyl (C=O) groups is 1. The van der Waals surface area contributed by atoms with Gasteiger partial charge in [0.2, 0.25) is 5.91 Å². The summed E-state index contributed by atoms with van der Waals surface area (Å²) >= 11 is 0. The third kappa shape index (κ3) is 4.38. The van der Waals surface area contributed by atoms with Gasteiger partial charge in [-0.25, -0.2) is 4.39 Å². The van der Waals surface area contributed by atoms with Crippen LogP contribution in [0.4, 0.5) is 4.39 Å². The second-order valence-corrected chi connectivity index (χ2v) is 6.90. The van der Waals surface area contributed by atoms with Gasteiger partial charge in [-0.05, 0) is 42.7 Å². The van der Waals surface area contributed by atoms with Gasteiger partial charge in [-0.1, -0.05) is 43.7 Å². The van der Waals surface area contributed by atoms with Crippen LogP contribution in [0.1, 0.15) is 50.2 Å². The number of unbranched alkanes of at least 4 members (excludes halogenated alkanes) is 1. The van der Waals surface area contributed by atoms with Gasteiger partial charge in [0.15, 0.2) is 0 Å². The Bertz CT molecular complexity index is 898. The highest BCUT2D eigenvalue weighted by Crippen LogP contribution is 2.34. The summed E-state index contributed by atoms with van der Waals surface area (Å²) in [5, 5.41) is 4.16. The molecule has 0 bridgehead atoms. The maximum atomic E-state index is 13.4. The van der Waals surface area contributed by atoms with E-state index >= 15 is 0 Å². The molecule has 0 spiro atoms. The van der Waals surface area contributed by atoms with Gasteiger partial charge in [0.25, 0.3) is 0 Å². The van der Waals surface area contributed by atoms with Crippen LogP contribution in [0, 0.1) is 5.82 Å². The van der Waals surface area contributed by atoms with Crippen molar-refractivity contribution in [2.75, 3.05) is 6.54 Å². The lowest BCUT2D eigenvalue weighted by atomic mass is 9.88. The molecule has 0 saturated carbocycles. The Hall–Kier alpha value is -2.62. The number of nitrogens with zero attached hydrogens (tertiary/aromatic N) is 1. The lowest BCUT2D eigenvalue weighted by Crippen LogP contribution is -2.26. The van der Waals surface area contributed by atoms with Crippen molar-refractivity contribution in [3.63, 3.8) is 0 Å². The van der Waals surface area contributed by atoms with Gasteiger partial charge in [-0.15, -0.1) is 0 Å². The Balaban J connectivity index is 1.99. The molecule has 1 atom stereocenters. The molecule has 2 aromatic carbocycles. The standard InChI is InChI=1S/C23H27FN2O/c1-3-5-14-25-23(27)15-20(17-10-12-18(24)13-11-17)21-16-26(4-2)22-9-7-6-8-19(21)22/h6-13,16,20H,3-5,14-15H2,1-2H3,(H,25,27)/t20-/m1/s1. The fourth-order valence-corrected chi connectivity index (χ4v) is 3.58. The zero-order chi connectivity index (χ0) is 19.2. The number of hydrogen-bond donors (Lipinski definition) is 1. The quantitative estimate of drug-likeness (QED) is 0.544. The Morgan fingerprint density at radius 1 is 1.11 bits per heavy atom. The molecule has 142 valence electrons. The van der Waals surface area contributed by atoms with E-state index in [0.717, 1.165) is 41.4 Å². The minimum Gasteiger partial charge on any atom is -0.356 e. The first-order valence-electron chi connectivity index (χ1n) is 9.74. The normalized spacial score (nSPS) is 12.3. The molecule has 0 radical (unpaired) electrons. The van der Waals surface area contributed by atoms with Gasteiger partial charge in [0.1, 0.15) is 5.82 Å². The van der Waals surface area contributed by atoms with E-state index in [1.54, 1.807) is 12.1 Å². The molecule has 1 amide bonds. The van der Waals surface area contributed by atoms with Crippen molar-refractivity contribution < 1.29 is 9.18 Å². The van der Waals surface area contributed by atoms with E-state index in [2.05, 4.69) is 42.1 Å². The summed E-state index contributed by atoms with van der Waals surface area (Å²) < 4.78 is 15.7. The summed E-state index contributed by atoms with van der Waals surface area (Å²) in [5.41, 5.74) is 3.24. The molecule has 1 heterocycles. The lowest BCUT2D eigenvalue weighted by Gasteiger charge is -2.17. The monoisotopic (exact) mass is 366 g/mol. The minimum absolute atomic E-state index is 0.0334. The first kappa shape index (κ1) is 19.2. The highest BCUT2D eigenvalue weighted by molar-refractivity contribution is 5.86. The smallest absolute Gasteiger partial charge is 0.220 e. The molecule has 3 nitrogen and oxygen atoms in total. The van der Waals surface area contributed by atoms with Crippen LogP contribution < -0.4 is 5.32 Å². The Morgan fingerprint density at radius 2 is 1.85 bits per heavy atom. The van der Waals surface area contributed by atoms with Gasteiger partial charge in [-0.2, -0.15) is 0 Å². The fraction of sp³-hybridized carbons (Fsp3) is 0.348. The van der Waals surface area contributed by atoms with Crippen molar-refractivity contribution in [2.45, 2.75) is 45.6 Å². The zero-order valence-electron chi connectivity index (χ0n) is 16.0. The molecule has 1 N–H and O–H groups in total. The number of fused-ring (bicyclic) bond motifs is 1. The fourth-order valence-electron chi connectivity index (χ4n) is 3.58. The number of rotatable bonds is 8. The Morgan fingerprint density at radius 3 is 2.56 bits per heavy atom. The van der Waals surface area contributed by atoms with E-state index in [4.69, 9.17) is 0 Å². The average Bonchev–Trinajstić information content (AvgIpc) is 3.06. The summed E-state index contributed by atoms with van der Waals surface area (Å²) in [6.45, 7) is 5.77. The molecular formula is C23H27FN2O. The van der Waals surface area contributed by atoms with Crippen LogP contribution in [-0.4, -0.2) is 17.0 Å². The number of aromatic nitrogens is 1. The van der Waals surface area contributed by atoms with Gasteiger partial charge in [-0.3, -0.25) is 4.79 Å². The highest BCUT2D eigenvalue weighted by Gasteiger charge is 2.22. The first-order valence-corrected chi connectivity index (χ1v) is 9.74. The molecule has 0 saturated heterocycles. The zero-order valence-corrected chi connectivity index (χ0v) is 16.0. The third-order valence-electron chi connectivity index (χ3n) is 5.05. The first-order chi connectivity index (χ1) is 13.1. The van der Waals surface area contributed by atoms with Crippen molar-refractivity contribution in [1.82, 2.24) is 9.88 Å². The van der Waals surface area contributed by atoms with Gasteiger partial charge < -0.3 is 9.88 Å². The number of halogens is 1. The third-order valence-corrected chi connectivity index (χ3v) is 5.05. The van der Waals surface area contributed by atoms with Crippen LogP contribution in [0.2, 0.25) is 0 Å². The molecule has 4 heteroatoms. The topological polar surface area (TPSA) is 34.0 Å². The second kappa shape index (κ2) is 8.85. The summed E-state index contributed by atoms with van der Waals surface area (Å²) in [6.07, 6.45) is 4.51. The largest absolute Gasteiger partial charge is 0.356 e. The van der Waals surface area contributed by atoms with Crippen LogP contribution in [0.25, 0.3) is 10.9 Å². The molecule has 27 heavy (non-hydrogen) atoms. The summed E-state index contributed by atoms with van der Waals surface area (Å²) in [4.78, 5) is 12.6. The molecule has 0 unspecified atom stereocenters. The van der Waals surface area contributed by atoms with E-state index in [9.17, 15) is 9.18 Å². The summed E-state index contributed by atoms with van der Waals surface area (Å²) in [6, 6.07) is 14.8. The molecule has 0 aliphatic heterocycles. The number of aryl methyl sites for hydroxylation is 1. The maximum absolute atomic E-state index is 13.4. The molecule has 0 aliphatic carbocycles. The minimum atomic E-state index is -0.263. The van der Waals surface area contributed by atoms with Crippen molar-refractivity contribution in [3.8, 4) is 0 Å². The van der Waals surface area contributed by atoms with E-state index in [0.29, 0.717) is 13.0 Å². The van der Waals surface area contributed by atoms with Crippen molar-refractivity contribution >= 4 is 16.8 Å². The predicted molar refractivity (Wildman–Crippen MR) is 108 cm³/mol. The van der Waals surface area contributed by atoms with E-state index in [-0.39, 0.29) is 17.6 Å². The van der Waals surface area contributed by atoms with Gasteiger partial charge in [0.05, 0.1) is 0 Å². The Kier molecular flexibility index (Phi) is 6.28. The van der Waals surface area contributed by atoms with Crippen LogP contribution in [-0.2, 0) is 11.3 Å². The molecule has 3 rings (SSSR count). The average molecular weight is 366 g/mol. The van der Waals surface area contributed by atoms with Crippen molar-refractivity contribution in [1.29, 1.82) is 0 Å². The molecular weight excluding hydrogens is 339 g/mol. The molecule has 0 aliphatic rings. The number of para-hydroxylation sites is 1. The second-order valence-electron chi connectivity index (χ2n) is 6.90. The van der Waals surface area contributed by atoms with Crippen LogP contribution in [0.15, 0.2) is 54.7 Å². The van der Waals surface area contributed by atoms with Crippen LogP contribution in [0.3, 0.4) is 0 Å².